The normalized spacial score (nSPS) is 19.3. The third-order valence-electron chi connectivity index (χ3n) is 3.43. The average molecular weight is 252 g/mol. The highest BCUT2D eigenvalue weighted by atomic mass is 16.1. The molecule has 0 aromatic carbocycles. The molecule has 1 aliphatic heterocycles. The van der Waals surface area contributed by atoms with Gasteiger partial charge in [-0.25, -0.2) is 0 Å². The summed E-state index contributed by atoms with van der Waals surface area (Å²) in [6, 6.07) is 2.22. The minimum absolute atomic E-state index is 0.0855. The number of nitriles is 1. The zero-order valence-corrected chi connectivity index (χ0v) is 11.2. The Morgan fingerprint density at radius 1 is 1.56 bits per heavy atom. The van der Waals surface area contributed by atoms with Crippen LogP contribution in [0.5, 0.6) is 0 Å². The molecule has 0 bridgehead atoms. The Labute approximate surface area is 109 Å². The van der Waals surface area contributed by atoms with Crippen LogP contribution in [-0.2, 0) is 4.79 Å². The van der Waals surface area contributed by atoms with Gasteiger partial charge in [0.05, 0.1) is 6.07 Å². The number of nitrogens with zero attached hydrogens (tertiary/aromatic N) is 2. The van der Waals surface area contributed by atoms with Crippen LogP contribution in [0.25, 0.3) is 0 Å². The van der Waals surface area contributed by atoms with E-state index >= 15 is 0 Å². The summed E-state index contributed by atoms with van der Waals surface area (Å²) in [7, 11) is 0. The van der Waals surface area contributed by atoms with Crippen LogP contribution in [-0.4, -0.2) is 43.0 Å². The van der Waals surface area contributed by atoms with Gasteiger partial charge >= 0.3 is 0 Å². The van der Waals surface area contributed by atoms with E-state index in [1.165, 1.54) is 0 Å². The molecule has 1 saturated heterocycles. The first-order chi connectivity index (χ1) is 8.65. The maximum absolute atomic E-state index is 10.8. The molecule has 1 heterocycles. The lowest BCUT2D eigenvalue weighted by Gasteiger charge is -2.32. The summed E-state index contributed by atoms with van der Waals surface area (Å²) in [5.41, 5.74) is 5.21. The van der Waals surface area contributed by atoms with Gasteiger partial charge < -0.3 is 16.0 Å². The van der Waals surface area contributed by atoms with Crippen LogP contribution in [0, 0.1) is 17.2 Å². The quantitative estimate of drug-likeness (QED) is 0.690. The number of carbonyl (C=O) groups excluding carboxylic acids is 1. The van der Waals surface area contributed by atoms with Gasteiger partial charge in [0.1, 0.15) is 6.04 Å². The van der Waals surface area contributed by atoms with E-state index < -0.39 is 0 Å². The van der Waals surface area contributed by atoms with Crippen molar-refractivity contribution in [2.75, 3.05) is 26.2 Å². The number of primary amides is 1. The highest BCUT2D eigenvalue weighted by molar-refractivity contribution is 5.73. The van der Waals surface area contributed by atoms with Crippen molar-refractivity contribution in [1.29, 1.82) is 5.26 Å². The van der Waals surface area contributed by atoms with Crippen LogP contribution in [0.3, 0.4) is 0 Å². The van der Waals surface area contributed by atoms with Crippen LogP contribution >= 0.6 is 0 Å². The fourth-order valence-electron chi connectivity index (χ4n) is 2.39. The fraction of sp³-hybridized carbons (Fsp3) is 0.846. The highest BCUT2D eigenvalue weighted by Gasteiger charge is 2.22. The van der Waals surface area contributed by atoms with Gasteiger partial charge in [-0.3, -0.25) is 4.79 Å². The predicted octanol–water partition coefficient (Wildman–Crippen LogP) is 0.466. The van der Waals surface area contributed by atoms with Crippen molar-refractivity contribution in [2.45, 2.75) is 38.6 Å². The zero-order valence-electron chi connectivity index (χ0n) is 11.2. The molecule has 1 fully saturated rings. The van der Waals surface area contributed by atoms with Gasteiger partial charge in [-0.05, 0) is 44.8 Å². The van der Waals surface area contributed by atoms with Crippen molar-refractivity contribution in [2.24, 2.45) is 11.7 Å². The van der Waals surface area contributed by atoms with E-state index in [2.05, 4.69) is 23.2 Å². The molecule has 0 aromatic rings. The summed E-state index contributed by atoms with van der Waals surface area (Å²) in [4.78, 5) is 13.1. The number of likely N-dealkylation sites (tertiary alicyclic amines) is 1. The maximum Gasteiger partial charge on any atom is 0.217 e. The Morgan fingerprint density at radius 2 is 2.22 bits per heavy atom. The molecule has 0 saturated carbocycles. The van der Waals surface area contributed by atoms with Gasteiger partial charge in [-0.15, -0.1) is 0 Å². The van der Waals surface area contributed by atoms with E-state index in [-0.39, 0.29) is 11.9 Å². The largest absolute Gasteiger partial charge is 0.370 e. The van der Waals surface area contributed by atoms with Crippen molar-refractivity contribution >= 4 is 5.91 Å². The summed E-state index contributed by atoms with van der Waals surface area (Å²) in [5, 5.41) is 12.3. The number of amides is 1. The molecule has 1 atom stereocenters. The summed E-state index contributed by atoms with van der Waals surface area (Å²) in [5.74, 6) is 0.232. The second kappa shape index (κ2) is 8.06. The monoisotopic (exact) mass is 252 g/mol. The van der Waals surface area contributed by atoms with Crippen LogP contribution in [0.4, 0.5) is 0 Å². The molecule has 5 nitrogen and oxygen atoms in total. The maximum atomic E-state index is 10.8. The predicted molar refractivity (Wildman–Crippen MR) is 70.7 cm³/mol. The fourth-order valence-corrected chi connectivity index (χ4v) is 2.39. The van der Waals surface area contributed by atoms with Crippen molar-refractivity contribution < 1.29 is 4.79 Å². The molecule has 0 radical (unpaired) electrons. The zero-order chi connectivity index (χ0) is 13.4. The molecule has 102 valence electrons. The minimum Gasteiger partial charge on any atom is -0.370 e. The van der Waals surface area contributed by atoms with E-state index in [1.807, 2.05) is 0 Å². The summed E-state index contributed by atoms with van der Waals surface area (Å²) < 4.78 is 0. The smallest absolute Gasteiger partial charge is 0.217 e. The molecule has 1 aliphatic rings. The number of piperidine rings is 1. The van der Waals surface area contributed by atoms with Crippen molar-refractivity contribution in [3.8, 4) is 6.07 Å². The summed E-state index contributed by atoms with van der Waals surface area (Å²) >= 11 is 0. The molecule has 1 unspecified atom stereocenters. The molecule has 1 amide bonds. The summed E-state index contributed by atoms with van der Waals surface area (Å²) in [6.45, 7) is 5.68. The molecule has 0 spiro atoms. The molecule has 0 aliphatic carbocycles. The highest BCUT2D eigenvalue weighted by Crippen LogP contribution is 2.20. The van der Waals surface area contributed by atoms with E-state index in [0.29, 0.717) is 12.3 Å². The SMILES string of the molecule is CCCNC(C#N)CN1CCC(CC(N)=O)CC1. The number of rotatable bonds is 7. The molecule has 3 N–H and O–H groups in total. The molecule has 18 heavy (non-hydrogen) atoms. The first-order valence-electron chi connectivity index (χ1n) is 6.79. The Balaban J connectivity index is 2.25. The number of hydrogen-bond acceptors (Lipinski definition) is 4. The lowest BCUT2D eigenvalue weighted by atomic mass is 9.93. The molecular weight excluding hydrogens is 228 g/mol. The second-order valence-electron chi connectivity index (χ2n) is 5.05. The third kappa shape index (κ3) is 5.48. The summed E-state index contributed by atoms with van der Waals surface area (Å²) in [6.07, 6.45) is 3.56. The van der Waals surface area contributed by atoms with Gasteiger partial charge in [0.2, 0.25) is 5.91 Å². The van der Waals surface area contributed by atoms with Crippen molar-refractivity contribution in [3.63, 3.8) is 0 Å². The first kappa shape index (κ1) is 14.9. The van der Waals surface area contributed by atoms with Gasteiger partial charge in [-0.1, -0.05) is 6.92 Å². The molecule has 1 rings (SSSR count). The van der Waals surface area contributed by atoms with Crippen LogP contribution in [0.2, 0.25) is 0 Å². The minimum atomic E-state index is -0.201. The van der Waals surface area contributed by atoms with Crippen molar-refractivity contribution in [3.05, 3.63) is 0 Å². The van der Waals surface area contributed by atoms with Gasteiger partial charge in [0, 0.05) is 13.0 Å². The number of hydrogen-bond donors (Lipinski definition) is 2. The Kier molecular flexibility index (Phi) is 6.69. The van der Waals surface area contributed by atoms with E-state index in [1.54, 1.807) is 0 Å². The number of nitrogens with two attached hydrogens (primary N) is 1. The number of nitrogens with one attached hydrogen (secondary N) is 1. The van der Waals surface area contributed by atoms with Crippen molar-refractivity contribution in [1.82, 2.24) is 10.2 Å². The van der Waals surface area contributed by atoms with E-state index in [4.69, 9.17) is 11.0 Å². The van der Waals surface area contributed by atoms with Crippen LogP contribution in [0.15, 0.2) is 0 Å². The van der Waals surface area contributed by atoms with Gasteiger partial charge in [0.25, 0.3) is 0 Å². The lowest BCUT2D eigenvalue weighted by molar-refractivity contribution is -0.119. The molecular formula is C13H24N4O. The first-order valence-corrected chi connectivity index (χ1v) is 6.79. The molecule has 5 heteroatoms. The Morgan fingerprint density at radius 3 is 2.72 bits per heavy atom. The van der Waals surface area contributed by atoms with Crippen LogP contribution < -0.4 is 11.1 Å². The van der Waals surface area contributed by atoms with E-state index in [0.717, 1.165) is 45.4 Å². The Bertz CT molecular complexity index is 292. The third-order valence-corrected chi connectivity index (χ3v) is 3.43. The van der Waals surface area contributed by atoms with Gasteiger partial charge in [0.15, 0.2) is 0 Å². The topological polar surface area (TPSA) is 82.2 Å². The lowest BCUT2D eigenvalue weighted by Crippen LogP contribution is -2.44. The van der Waals surface area contributed by atoms with E-state index in [9.17, 15) is 4.79 Å². The Hall–Kier alpha value is -1.12. The van der Waals surface area contributed by atoms with Gasteiger partial charge in [-0.2, -0.15) is 5.26 Å². The second-order valence-corrected chi connectivity index (χ2v) is 5.05. The van der Waals surface area contributed by atoms with Crippen LogP contribution in [0.1, 0.15) is 32.6 Å². The average Bonchev–Trinajstić information content (AvgIpc) is 2.36. The number of carbonyl (C=O) groups is 1. The standard InChI is InChI=1S/C13H24N4O/c1-2-5-16-12(9-14)10-17-6-3-11(4-7-17)8-13(15)18/h11-12,16H,2-8,10H2,1H3,(H2,15,18). The molecule has 0 aromatic heterocycles.